The number of hydrogen-bond donors (Lipinski definition) is 2. The molecule has 2 N–H and O–H groups in total. The van der Waals surface area contributed by atoms with Crippen molar-refractivity contribution in [2.45, 2.75) is 52.0 Å². The number of aromatic nitrogens is 2. The largest absolute Gasteiger partial charge is 0.396 e. The van der Waals surface area contributed by atoms with Crippen molar-refractivity contribution in [1.29, 1.82) is 0 Å². The van der Waals surface area contributed by atoms with Crippen LogP contribution in [0.4, 0.5) is 0 Å². The molecule has 0 bridgehead atoms. The molecule has 1 heterocycles. The van der Waals surface area contributed by atoms with E-state index in [4.69, 9.17) is 0 Å². The van der Waals surface area contributed by atoms with Crippen LogP contribution in [0.2, 0.25) is 0 Å². The molecule has 1 aliphatic rings. The van der Waals surface area contributed by atoms with Gasteiger partial charge in [-0.15, -0.1) is 0 Å². The Kier molecular flexibility index (Phi) is 4.63. The number of hydrogen-bond acceptors (Lipinski definition) is 3. The molecule has 0 aliphatic heterocycles. The van der Waals surface area contributed by atoms with Crippen molar-refractivity contribution in [3.63, 3.8) is 0 Å². The molecule has 1 fully saturated rings. The van der Waals surface area contributed by atoms with Gasteiger partial charge in [-0.3, -0.25) is 4.68 Å². The van der Waals surface area contributed by atoms with Gasteiger partial charge in [0.15, 0.2) is 0 Å². The zero-order chi connectivity index (χ0) is 13.9. The van der Waals surface area contributed by atoms with Gasteiger partial charge < -0.3 is 10.4 Å². The van der Waals surface area contributed by atoms with Crippen LogP contribution in [0.15, 0.2) is 6.20 Å². The van der Waals surface area contributed by atoms with Crippen molar-refractivity contribution in [3.05, 3.63) is 17.5 Å². The Bertz CT molecular complexity index is 406. The van der Waals surface area contributed by atoms with Gasteiger partial charge in [-0.1, -0.05) is 26.7 Å². The lowest BCUT2D eigenvalue weighted by atomic mass is 9.87. The Labute approximate surface area is 116 Å². The predicted octanol–water partition coefficient (Wildman–Crippen LogP) is 2.19. The van der Waals surface area contributed by atoms with Gasteiger partial charge in [-0.2, -0.15) is 5.10 Å². The number of aryl methyl sites for hydroxylation is 1. The Balaban J connectivity index is 1.92. The van der Waals surface area contributed by atoms with Gasteiger partial charge in [0.1, 0.15) is 0 Å². The topological polar surface area (TPSA) is 50.1 Å². The van der Waals surface area contributed by atoms with Crippen LogP contribution in [-0.4, -0.2) is 28.0 Å². The fraction of sp³-hybridized carbons (Fsp3) is 0.800. The summed E-state index contributed by atoms with van der Waals surface area (Å²) in [5.74, 6) is 0.455. The Morgan fingerprint density at radius 1 is 1.42 bits per heavy atom. The molecular formula is C15H27N3O. The van der Waals surface area contributed by atoms with Crippen LogP contribution < -0.4 is 5.32 Å². The van der Waals surface area contributed by atoms with E-state index in [-0.39, 0.29) is 5.41 Å². The number of nitrogens with zero attached hydrogens (tertiary/aromatic N) is 2. The van der Waals surface area contributed by atoms with Crippen LogP contribution in [0, 0.1) is 5.41 Å². The van der Waals surface area contributed by atoms with Crippen LogP contribution in [0.3, 0.4) is 0 Å². The van der Waals surface area contributed by atoms with Crippen LogP contribution >= 0.6 is 0 Å². The molecule has 1 aliphatic carbocycles. The second-order valence-electron chi connectivity index (χ2n) is 6.34. The molecule has 0 saturated heterocycles. The van der Waals surface area contributed by atoms with E-state index >= 15 is 0 Å². The Morgan fingerprint density at radius 2 is 2.11 bits per heavy atom. The molecule has 1 saturated carbocycles. The summed E-state index contributed by atoms with van der Waals surface area (Å²) in [5, 5.41) is 17.7. The van der Waals surface area contributed by atoms with Crippen molar-refractivity contribution in [2.24, 2.45) is 12.5 Å². The van der Waals surface area contributed by atoms with E-state index in [1.54, 1.807) is 0 Å². The lowest BCUT2D eigenvalue weighted by Gasteiger charge is -2.26. The molecular weight excluding hydrogens is 238 g/mol. The summed E-state index contributed by atoms with van der Waals surface area (Å²) < 4.78 is 1.89. The maximum Gasteiger partial charge on any atom is 0.0694 e. The van der Waals surface area contributed by atoms with Crippen molar-refractivity contribution in [3.8, 4) is 0 Å². The summed E-state index contributed by atoms with van der Waals surface area (Å²) in [4.78, 5) is 0. The summed E-state index contributed by atoms with van der Waals surface area (Å²) in [6.07, 6.45) is 6.92. The monoisotopic (exact) mass is 265 g/mol. The molecule has 0 spiro atoms. The number of nitrogens with one attached hydrogen (secondary N) is 1. The summed E-state index contributed by atoms with van der Waals surface area (Å²) in [5.41, 5.74) is 2.59. The highest BCUT2D eigenvalue weighted by molar-refractivity contribution is 5.20. The fourth-order valence-corrected chi connectivity index (χ4v) is 3.16. The first-order valence-corrected chi connectivity index (χ1v) is 7.40. The predicted molar refractivity (Wildman–Crippen MR) is 77.0 cm³/mol. The van der Waals surface area contributed by atoms with Crippen molar-refractivity contribution in [1.82, 2.24) is 15.1 Å². The first kappa shape index (κ1) is 14.5. The van der Waals surface area contributed by atoms with E-state index < -0.39 is 0 Å². The maximum atomic E-state index is 9.60. The highest BCUT2D eigenvalue weighted by Gasteiger charge is 2.32. The van der Waals surface area contributed by atoms with E-state index in [0.717, 1.165) is 25.9 Å². The Morgan fingerprint density at radius 3 is 2.68 bits per heavy atom. The van der Waals surface area contributed by atoms with Crippen molar-refractivity contribution >= 4 is 0 Å². The molecule has 0 unspecified atom stereocenters. The van der Waals surface area contributed by atoms with Crippen molar-refractivity contribution < 1.29 is 5.11 Å². The summed E-state index contributed by atoms with van der Waals surface area (Å²) in [7, 11) is 1.97. The highest BCUT2D eigenvalue weighted by Crippen LogP contribution is 2.36. The quantitative estimate of drug-likeness (QED) is 0.829. The molecule has 4 heteroatoms. The lowest BCUT2D eigenvalue weighted by Crippen LogP contribution is -2.34. The SMILES string of the molecule is CC(C)c1nn(C)cc1CNCC1(CO)CCCC1. The Hall–Kier alpha value is -0.870. The third-order valence-corrected chi connectivity index (χ3v) is 4.30. The van der Waals surface area contributed by atoms with Crippen LogP contribution in [0.5, 0.6) is 0 Å². The number of rotatable bonds is 6. The van der Waals surface area contributed by atoms with Crippen LogP contribution in [-0.2, 0) is 13.6 Å². The van der Waals surface area contributed by atoms with E-state index in [2.05, 4.69) is 30.5 Å². The molecule has 108 valence electrons. The second kappa shape index (κ2) is 6.06. The van der Waals surface area contributed by atoms with Crippen LogP contribution in [0.1, 0.15) is 56.7 Å². The van der Waals surface area contributed by atoms with E-state index in [1.165, 1.54) is 24.1 Å². The van der Waals surface area contributed by atoms with Gasteiger partial charge in [0.2, 0.25) is 0 Å². The summed E-state index contributed by atoms with van der Waals surface area (Å²) >= 11 is 0. The molecule has 0 amide bonds. The summed E-state index contributed by atoms with van der Waals surface area (Å²) in [6, 6.07) is 0. The van der Waals surface area contributed by atoms with Gasteiger partial charge in [-0.05, 0) is 18.8 Å². The lowest BCUT2D eigenvalue weighted by molar-refractivity contribution is 0.128. The van der Waals surface area contributed by atoms with Gasteiger partial charge in [0.05, 0.1) is 5.69 Å². The molecule has 19 heavy (non-hydrogen) atoms. The number of aliphatic hydroxyl groups is 1. The van der Waals surface area contributed by atoms with Gasteiger partial charge >= 0.3 is 0 Å². The zero-order valence-corrected chi connectivity index (χ0v) is 12.4. The second-order valence-corrected chi connectivity index (χ2v) is 6.34. The molecule has 2 rings (SSSR count). The third kappa shape index (κ3) is 3.37. The van der Waals surface area contributed by atoms with Crippen LogP contribution in [0.25, 0.3) is 0 Å². The first-order valence-electron chi connectivity index (χ1n) is 7.40. The molecule has 0 radical (unpaired) electrons. The minimum Gasteiger partial charge on any atom is -0.396 e. The molecule has 0 aromatic carbocycles. The summed E-state index contributed by atoms with van der Waals surface area (Å²) in [6.45, 7) is 6.43. The van der Waals surface area contributed by atoms with Gasteiger partial charge in [-0.25, -0.2) is 0 Å². The molecule has 0 atom stereocenters. The fourth-order valence-electron chi connectivity index (χ4n) is 3.16. The van der Waals surface area contributed by atoms with Gasteiger partial charge in [0, 0.05) is 43.9 Å². The molecule has 1 aromatic rings. The normalized spacial score (nSPS) is 18.4. The zero-order valence-electron chi connectivity index (χ0n) is 12.4. The standard InChI is InChI=1S/C15H27N3O/c1-12(2)14-13(9-18(3)17-14)8-16-10-15(11-19)6-4-5-7-15/h9,12,16,19H,4-8,10-11H2,1-3H3. The van der Waals surface area contributed by atoms with Crippen molar-refractivity contribution in [2.75, 3.05) is 13.2 Å². The van der Waals surface area contributed by atoms with E-state index in [9.17, 15) is 5.11 Å². The smallest absolute Gasteiger partial charge is 0.0694 e. The average molecular weight is 265 g/mol. The minimum absolute atomic E-state index is 0.125. The maximum absolute atomic E-state index is 9.60. The minimum atomic E-state index is 0.125. The third-order valence-electron chi connectivity index (χ3n) is 4.30. The van der Waals surface area contributed by atoms with Gasteiger partial charge in [0.25, 0.3) is 0 Å². The van der Waals surface area contributed by atoms with E-state index in [1.807, 2.05) is 11.7 Å². The molecule has 1 aromatic heterocycles. The first-order chi connectivity index (χ1) is 9.06. The highest BCUT2D eigenvalue weighted by atomic mass is 16.3. The average Bonchev–Trinajstić information content (AvgIpc) is 2.97. The molecule has 4 nitrogen and oxygen atoms in total. The number of aliphatic hydroxyl groups excluding tert-OH is 1. The van der Waals surface area contributed by atoms with E-state index in [0.29, 0.717) is 12.5 Å².